The molecule has 2 aliphatic rings. The molecule has 0 bridgehead atoms. The molecule has 14 heavy (non-hydrogen) atoms. The van der Waals surface area contributed by atoms with E-state index in [0.29, 0.717) is 5.92 Å². The molecule has 1 aliphatic heterocycles. The van der Waals surface area contributed by atoms with Crippen molar-refractivity contribution in [2.24, 2.45) is 17.8 Å². The first-order valence-electron chi connectivity index (χ1n) is 5.60. The third-order valence-electron chi connectivity index (χ3n) is 3.30. The fourth-order valence-corrected chi connectivity index (χ4v) is 2.46. The summed E-state index contributed by atoms with van der Waals surface area (Å²) in [6.07, 6.45) is 3.56. The van der Waals surface area contributed by atoms with Crippen LogP contribution in [-0.2, 0) is 4.79 Å². The Morgan fingerprint density at radius 1 is 1.43 bits per heavy atom. The van der Waals surface area contributed by atoms with Crippen LogP contribution in [0.5, 0.6) is 0 Å². The minimum atomic E-state index is -0.614. The zero-order valence-electron chi connectivity index (χ0n) is 8.78. The van der Waals surface area contributed by atoms with Gasteiger partial charge in [0.25, 0.3) is 0 Å². The fourth-order valence-electron chi connectivity index (χ4n) is 2.46. The molecule has 3 nitrogen and oxygen atoms in total. The Hall–Kier alpha value is -0.570. The van der Waals surface area contributed by atoms with E-state index in [2.05, 4.69) is 11.8 Å². The summed E-state index contributed by atoms with van der Waals surface area (Å²) in [5, 5.41) is 9.00. The van der Waals surface area contributed by atoms with Gasteiger partial charge >= 0.3 is 5.97 Å². The van der Waals surface area contributed by atoms with Crippen LogP contribution in [0.3, 0.4) is 0 Å². The predicted molar refractivity (Wildman–Crippen MR) is 54.1 cm³/mol. The van der Waals surface area contributed by atoms with Gasteiger partial charge in [-0.05, 0) is 31.1 Å². The maximum atomic E-state index is 10.9. The SMILES string of the molecule is CC1CC(C(=O)O)CN(CC2CC2)C1. The highest BCUT2D eigenvalue weighted by molar-refractivity contribution is 5.70. The topological polar surface area (TPSA) is 40.5 Å². The van der Waals surface area contributed by atoms with Crippen LogP contribution in [0, 0.1) is 17.8 Å². The third-order valence-corrected chi connectivity index (χ3v) is 3.30. The standard InChI is InChI=1S/C11H19NO2/c1-8-4-10(11(13)14)7-12(5-8)6-9-2-3-9/h8-10H,2-7H2,1H3,(H,13,14). The quantitative estimate of drug-likeness (QED) is 0.744. The van der Waals surface area contributed by atoms with Crippen LogP contribution in [0.25, 0.3) is 0 Å². The molecule has 0 radical (unpaired) electrons. The largest absolute Gasteiger partial charge is 0.481 e. The number of rotatable bonds is 3. The van der Waals surface area contributed by atoms with E-state index in [4.69, 9.17) is 5.11 Å². The molecule has 3 heteroatoms. The summed E-state index contributed by atoms with van der Waals surface area (Å²) >= 11 is 0. The highest BCUT2D eigenvalue weighted by Gasteiger charge is 2.32. The van der Waals surface area contributed by atoms with Gasteiger partial charge in [0.2, 0.25) is 0 Å². The average Bonchev–Trinajstić information content (AvgIpc) is 2.87. The average molecular weight is 197 g/mol. The number of piperidine rings is 1. The predicted octanol–water partition coefficient (Wildman–Crippen LogP) is 1.44. The Bertz CT molecular complexity index is 223. The van der Waals surface area contributed by atoms with Crippen molar-refractivity contribution in [1.82, 2.24) is 4.90 Å². The van der Waals surface area contributed by atoms with E-state index in [-0.39, 0.29) is 5.92 Å². The van der Waals surface area contributed by atoms with Crippen LogP contribution in [-0.4, -0.2) is 35.6 Å². The van der Waals surface area contributed by atoms with Gasteiger partial charge in [-0.1, -0.05) is 6.92 Å². The fraction of sp³-hybridized carbons (Fsp3) is 0.909. The van der Waals surface area contributed by atoms with E-state index in [1.54, 1.807) is 0 Å². The highest BCUT2D eigenvalue weighted by Crippen LogP contribution is 2.32. The first kappa shape index (κ1) is 9.97. The van der Waals surface area contributed by atoms with E-state index in [1.807, 2.05) is 0 Å². The molecule has 0 amide bonds. The second-order valence-corrected chi connectivity index (χ2v) is 5.04. The minimum absolute atomic E-state index is 0.127. The molecule has 2 fully saturated rings. The first-order chi connectivity index (χ1) is 6.65. The van der Waals surface area contributed by atoms with Crippen molar-refractivity contribution in [3.05, 3.63) is 0 Å². The molecule has 0 aromatic rings. The molecule has 1 N–H and O–H groups in total. The molecule has 2 unspecified atom stereocenters. The molecule has 1 aliphatic carbocycles. The van der Waals surface area contributed by atoms with E-state index >= 15 is 0 Å². The van der Waals surface area contributed by atoms with Crippen LogP contribution < -0.4 is 0 Å². The maximum Gasteiger partial charge on any atom is 0.307 e. The molecule has 0 aromatic heterocycles. The number of aliphatic carboxylic acids is 1. The number of nitrogens with zero attached hydrogens (tertiary/aromatic N) is 1. The van der Waals surface area contributed by atoms with Gasteiger partial charge in [-0.15, -0.1) is 0 Å². The summed E-state index contributed by atoms with van der Waals surface area (Å²) in [5.41, 5.74) is 0. The van der Waals surface area contributed by atoms with Crippen LogP contribution in [0.15, 0.2) is 0 Å². The molecule has 1 heterocycles. The zero-order valence-corrected chi connectivity index (χ0v) is 8.78. The molecule has 0 aromatic carbocycles. The van der Waals surface area contributed by atoms with Crippen molar-refractivity contribution in [3.8, 4) is 0 Å². The molecule has 2 atom stereocenters. The number of carboxylic acid groups (broad SMARTS) is 1. The number of carboxylic acids is 1. The maximum absolute atomic E-state index is 10.9. The van der Waals surface area contributed by atoms with Gasteiger partial charge in [0.1, 0.15) is 0 Å². The van der Waals surface area contributed by atoms with Crippen molar-refractivity contribution in [2.45, 2.75) is 26.2 Å². The van der Waals surface area contributed by atoms with Gasteiger partial charge in [-0.2, -0.15) is 0 Å². The van der Waals surface area contributed by atoms with Crippen molar-refractivity contribution in [3.63, 3.8) is 0 Å². The lowest BCUT2D eigenvalue weighted by molar-refractivity contribution is -0.144. The van der Waals surface area contributed by atoms with Crippen LogP contribution in [0.1, 0.15) is 26.2 Å². The summed E-state index contributed by atoms with van der Waals surface area (Å²) in [5.74, 6) is 0.674. The summed E-state index contributed by atoms with van der Waals surface area (Å²) in [4.78, 5) is 13.3. The summed E-state index contributed by atoms with van der Waals surface area (Å²) in [6, 6.07) is 0. The molecule has 80 valence electrons. The second-order valence-electron chi connectivity index (χ2n) is 5.04. The Kier molecular flexibility index (Phi) is 2.77. The number of carbonyl (C=O) groups is 1. The van der Waals surface area contributed by atoms with Gasteiger partial charge in [-0.3, -0.25) is 4.79 Å². The van der Waals surface area contributed by atoms with Crippen LogP contribution >= 0.6 is 0 Å². The summed E-state index contributed by atoms with van der Waals surface area (Å²) < 4.78 is 0. The molecule has 1 saturated heterocycles. The molecule has 2 rings (SSSR count). The van der Waals surface area contributed by atoms with E-state index < -0.39 is 5.97 Å². The Labute approximate surface area is 85.1 Å². The Balaban J connectivity index is 1.87. The lowest BCUT2D eigenvalue weighted by atomic mass is 9.90. The van der Waals surface area contributed by atoms with Gasteiger partial charge in [-0.25, -0.2) is 0 Å². The van der Waals surface area contributed by atoms with Crippen molar-refractivity contribution in [1.29, 1.82) is 0 Å². The number of hydrogen-bond donors (Lipinski definition) is 1. The number of hydrogen-bond acceptors (Lipinski definition) is 2. The van der Waals surface area contributed by atoms with E-state index in [9.17, 15) is 4.79 Å². The van der Waals surface area contributed by atoms with Gasteiger partial charge < -0.3 is 10.0 Å². The lowest BCUT2D eigenvalue weighted by Crippen LogP contribution is -2.43. The van der Waals surface area contributed by atoms with Crippen LogP contribution in [0.2, 0.25) is 0 Å². The summed E-state index contributed by atoms with van der Waals surface area (Å²) in [6.45, 7) is 5.17. The monoisotopic (exact) mass is 197 g/mol. The zero-order chi connectivity index (χ0) is 10.1. The van der Waals surface area contributed by atoms with E-state index in [0.717, 1.165) is 32.0 Å². The third kappa shape index (κ3) is 2.47. The van der Waals surface area contributed by atoms with E-state index in [1.165, 1.54) is 12.8 Å². The first-order valence-corrected chi connectivity index (χ1v) is 5.60. The van der Waals surface area contributed by atoms with Crippen molar-refractivity contribution < 1.29 is 9.90 Å². The normalized spacial score (nSPS) is 34.4. The van der Waals surface area contributed by atoms with Gasteiger partial charge in [0.05, 0.1) is 5.92 Å². The Morgan fingerprint density at radius 2 is 2.14 bits per heavy atom. The lowest BCUT2D eigenvalue weighted by Gasteiger charge is -2.34. The molecular formula is C11H19NO2. The second kappa shape index (κ2) is 3.89. The summed E-state index contributed by atoms with van der Waals surface area (Å²) in [7, 11) is 0. The smallest absolute Gasteiger partial charge is 0.307 e. The Morgan fingerprint density at radius 3 is 2.71 bits per heavy atom. The van der Waals surface area contributed by atoms with Gasteiger partial charge in [0, 0.05) is 19.6 Å². The molecule has 0 spiro atoms. The molecule has 1 saturated carbocycles. The highest BCUT2D eigenvalue weighted by atomic mass is 16.4. The van der Waals surface area contributed by atoms with Gasteiger partial charge in [0.15, 0.2) is 0 Å². The van der Waals surface area contributed by atoms with Crippen LogP contribution in [0.4, 0.5) is 0 Å². The van der Waals surface area contributed by atoms with Crippen molar-refractivity contribution in [2.75, 3.05) is 19.6 Å². The van der Waals surface area contributed by atoms with Crippen molar-refractivity contribution >= 4 is 5.97 Å². The molecular weight excluding hydrogens is 178 g/mol. The number of likely N-dealkylation sites (tertiary alicyclic amines) is 1. The minimum Gasteiger partial charge on any atom is -0.481 e.